The summed E-state index contributed by atoms with van der Waals surface area (Å²) in [4.78, 5) is 13.4. The van der Waals surface area contributed by atoms with Crippen molar-refractivity contribution < 1.29 is 4.79 Å². The smallest absolute Gasteiger partial charge is 0.220 e. The zero-order valence-corrected chi connectivity index (χ0v) is 15.8. The third-order valence-electron chi connectivity index (χ3n) is 3.85. The van der Waals surface area contributed by atoms with Crippen LogP contribution < -0.4 is 5.32 Å². The van der Waals surface area contributed by atoms with E-state index in [4.69, 9.17) is 11.6 Å². The lowest BCUT2D eigenvalue weighted by molar-refractivity contribution is -0.121. The summed E-state index contributed by atoms with van der Waals surface area (Å²) in [5, 5.41) is 3.89. The minimum atomic E-state index is 0.0991. The Hall–Kier alpha value is -1.45. The van der Waals surface area contributed by atoms with Crippen LogP contribution in [0.5, 0.6) is 0 Å². The van der Waals surface area contributed by atoms with Gasteiger partial charge in [-0.2, -0.15) is 0 Å². The molecule has 0 unspecified atom stereocenters. The van der Waals surface area contributed by atoms with Gasteiger partial charge in [0.15, 0.2) is 0 Å². The van der Waals surface area contributed by atoms with Gasteiger partial charge in [0, 0.05) is 16.3 Å². The third-order valence-corrected chi connectivity index (χ3v) is 5.20. The first-order valence-electron chi connectivity index (χ1n) is 8.32. The highest BCUT2D eigenvalue weighted by Crippen LogP contribution is 2.22. The first-order chi connectivity index (χ1) is 11.6. The van der Waals surface area contributed by atoms with E-state index in [2.05, 4.69) is 43.4 Å². The molecule has 0 bridgehead atoms. The van der Waals surface area contributed by atoms with E-state index in [1.165, 1.54) is 16.0 Å². The van der Waals surface area contributed by atoms with Crippen molar-refractivity contribution in [3.05, 3.63) is 64.7 Å². The van der Waals surface area contributed by atoms with E-state index < -0.39 is 0 Å². The molecule has 1 N–H and O–H groups in total. The van der Waals surface area contributed by atoms with Gasteiger partial charge in [-0.25, -0.2) is 0 Å². The van der Waals surface area contributed by atoms with Crippen LogP contribution in [0.25, 0.3) is 0 Å². The second-order valence-corrected chi connectivity index (χ2v) is 7.45. The van der Waals surface area contributed by atoms with Gasteiger partial charge in [-0.15, -0.1) is 11.8 Å². The normalized spacial score (nSPS) is 12.0. The van der Waals surface area contributed by atoms with Gasteiger partial charge in [-0.05, 0) is 55.3 Å². The molecule has 24 heavy (non-hydrogen) atoms. The lowest BCUT2D eigenvalue weighted by atomic mass is 10.0. The average Bonchev–Trinajstić information content (AvgIpc) is 2.59. The Balaban J connectivity index is 1.73. The maximum absolute atomic E-state index is 12.2. The Kier molecular flexibility index (Phi) is 7.67. The number of amides is 1. The highest BCUT2D eigenvalue weighted by atomic mass is 35.5. The van der Waals surface area contributed by atoms with Gasteiger partial charge in [-0.3, -0.25) is 4.79 Å². The number of carbonyl (C=O) groups is 1. The molecule has 2 rings (SSSR count). The van der Waals surface area contributed by atoms with Crippen molar-refractivity contribution in [2.75, 3.05) is 5.75 Å². The van der Waals surface area contributed by atoms with Crippen LogP contribution in [0.4, 0.5) is 0 Å². The fourth-order valence-corrected chi connectivity index (χ4v) is 3.42. The number of aryl methyl sites for hydroxylation is 1. The molecular weight excluding hydrogens is 338 g/mol. The summed E-state index contributed by atoms with van der Waals surface area (Å²) in [7, 11) is 0. The van der Waals surface area contributed by atoms with Crippen molar-refractivity contribution in [3.63, 3.8) is 0 Å². The summed E-state index contributed by atoms with van der Waals surface area (Å²) in [6.45, 7) is 4.17. The second kappa shape index (κ2) is 9.75. The van der Waals surface area contributed by atoms with E-state index in [-0.39, 0.29) is 11.9 Å². The number of thioether (sulfide) groups is 1. The summed E-state index contributed by atoms with van der Waals surface area (Å²) in [5.41, 5.74) is 2.41. The maximum Gasteiger partial charge on any atom is 0.220 e. The first kappa shape index (κ1) is 18.9. The van der Waals surface area contributed by atoms with E-state index >= 15 is 0 Å². The molecule has 0 radical (unpaired) electrons. The van der Waals surface area contributed by atoms with Crippen molar-refractivity contribution in [1.82, 2.24) is 5.32 Å². The molecule has 0 aliphatic heterocycles. The quantitative estimate of drug-likeness (QED) is 0.476. The lowest BCUT2D eigenvalue weighted by Gasteiger charge is -2.17. The van der Waals surface area contributed by atoms with E-state index in [1.807, 2.05) is 24.3 Å². The Labute approximate surface area is 154 Å². The fraction of sp³-hybridized carbons (Fsp3) is 0.350. The summed E-state index contributed by atoms with van der Waals surface area (Å²) in [6.07, 6.45) is 2.32. The van der Waals surface area contributed by atoms with E-state index in [1.54, 1.807) is 11.8 Å². The molecule has 2 nitrogen and oxygen atoms in total. The molecule has 1 amide bonds. The van der Waals surface area contributed by atoms with Crippen LogP contribution in [0.3, 0.4) is 0 Å². The van der Waals surface area contributed by atoms with Crippen LogP contribution >= 0.6 is 23.4 Å². The van der Waals surface area contributed by atoms with E-state index in [0.29, 0.717) is 6.42 Å². The fourth-order valence-electron chi connectivity index (χ4n) is 2.44. The summed E-state index contributed by atoms with van der Waals surface area (Å²) >= 11 is 7.63. The van der Waals surface area contributed by atoms with Crippen molar-refractivity contribution in [3.8, 4) is 0 Å². The van der Waals surface area contributed by atoms with Crippen molar-refractivity contribution in [2.45, 2.75) is 44.0 Å². The Morgan fingerprint density at radius 3 is 2.42 bits per heavy atom. The molecule has 0 aliphatic rings. The van der Waals surface area contributed by atoms with Gasteiger partial charge in [0.05, 0.1) is 6.04 Å². The number of benzene rings is 2. The first-order valence-corrected chi connectivity index (χ1v) is 9.69. The van der Waals surface area contributed by atoms with Gasteiger partial charge >= 0.3 is 0 Å². The molecule has 0 heterocycles. The molecular formula is C20H24ClNOS. The van der Waals surface area contributed by atoms with Gasteiger partial charge in [0.25, 0.3) is 0 Å². The van der Waals surface area contributed by atoms with Gasteiger partial charge in [0.2, 0.25) is 5.91 Å². The predicted octanol–water partition coefficient (Wildman–Crippen LogP) is 5.79. The monoisotopic (exact) mass is 361 g/mol. The van der Waals surface area contributed by atoms with E-state index in [9.17, 15) is 4.79 Å². The van der Waals surface area contributed by atoms with Crippen LogP contribution in [0.15, 0.2) is 53.4 Å². The number of hydrogen-bond acceptors (Lipinski definition) is 2. The lowest BCUT2D eigenvalue weighted by Crippen LogP contribution is -2.27. The van der Waals surface area contributed by atoms with Gasteiger partial charge in [-0.1, -0.05) is 48.4 Å². The number of hydrogen-bond donors (Lipinski definition) is 1. The summed E-state index contributed by atoms with van der Waals surface area (Å²) < 4.78 is 0. The molecule has 0 aliphatic carbocycles. The van der Waals surface area contributed by atoms with Gasteiger partial charge in [0.1, 0.15) is 0 Å². The standard InChI is InChI=1S/C20H24ClNOS/c1-3-19(16-8-6-15(2)7-9-16)22-20(23)5-4-14-24-18-12-10-17(21)11-13-18/h6-13,19H,3-5,14H2,1-2H3,(H,22,23)/t19-/m0/s1. The molecule has 2 aromatic carbocycles. The van der Waals surface area contributed by atoms with Crippen LogP contribution in [0.1, 0.15) is 43.4 Å². The summed E-state index contributed by atoms with van der Waals surface area (Å²) in [6, 6.07) is 16.3. The number of carbonyl (C=O) groups excluding carboxylic acids is 1. The highest BCUT2D eigenvalue weighted by Gasteiger charge is 2.12. The average molecular weight is 362 g/mol. The summed E-state index contributed by atoms with van der Waals surface area (Å²) in [5.74, 6) is 1.05. The molecule has 0 spiro atoms. The number of rotatable bonds is 8. The van der Waals surface area contributed by atoms with Gasteiger partial charge < -0.3 is 5.32 Å². The Morgan fingerprint density at radius 2 is 1.79 bits per heavy atom. The second-order valence-electron chi connectivity index (χ2n) is 5.84. The molecule has 0 aromatic heterocycles. The van der Waals surface area contributed by atoms with Crippen molar-refractivity contribution in [1.29, 1.82) is 0 Å². The SMILES string of the molecule is CC[C@H](NC(=O)CCCSc1ccc(Cl)cc1)c1ccc(C)cc1. The minimum Gasteiger partial charge on any atom is -0.349 e. The zero-order chi connectivity index (χ0) is 17.4. The molecule has 0 fully saturated rings. The third kappa shape index (κ3) is 6.21. The highest BCUT2D eigenvalue weighted by molar-refractivity contribution is 7.99. The largest absolute Gasteiger partial charge is 0.349 e. The van der Waals surface area contributed by atoms with Crippen LogP contribution in [-0.4, -0.2) is 11.7 Å². The van der Waals surface area contributed by atoms with Crippen molar-refractivity contribution in [2.24, 2.45) is 0 Å². The molecule has 1 atom stereocenters. The Morgan fingerprint density at radius 1 is 1.12 bits per heavy atom. The Bertz CT molecular complexity index is 640. The minimum absolute atomic E-state index is 0.0991. The zero-order valence-electron chi connectivity index (χ0n) is 14.2. The van der Waals surface area contributed by atoms with E-state index in [0.717, 1.165) is 23.6 Å². The number of nitrogens with one attached hydrogen (secondary N) is 1. The molecule has 128 valence electrons. The number of halogens is 1. The molecule has 4 heteroatoms. The van der Waals surface area contributed by atoms with Crippen LogP contribution in [-0.2, 0) is 4.79 Å². The molecule has 0 saturated carbocycles. The molecule has 0 saturated heterocycles. The maximum atomic E-state index is 12.2. The molecule has 2 aromatic rings. The van der Waals surface area contributed by atoms with Crippen molar-refractivity contribution >= 4 is 29.3 Å². The van der Waals surface area contributed by atoms with Crippen LogP contribution in [0.2, 0.25) is 5.02 Å². The van der Waals surface area contributed by atoms with Crippen LogP contribution in [0, 0.1) is 6.92 Å². The topological polar surface area (TPSA) is 29.1 Å². The predicted molar refractivity (Wildman–Crippen MR) is 104 cm³/mol.